The molecule has 0 saturated heterocycles. The Hall–Kier alpha value is -1.48. The van der Waals surface area contributed by atoms with Crippen molar-refractivity contribution in [2.45, 2.75) is 20.0 Å². The van der Waals surface area contributed by atoms with Gasteiger partial charge in [-0.3, -0.25) is 0 Å². The van der Waals surface area contributed by atoms with Crippen LogP contribution in [0.15, 0.2) is 34.6 Å². The average Bonchev–Trinajstić information content (AvgIpc) is 2.95. The van der Waals surface area contributed by atoms with Crippen LogP contribution in [0, 0.1) is 6.92 Å². The van der Waals surface area contributed by atoms with Crippen molar-refractivity contribution in [2.75, 3.05) is 14.2 Å². The van der Waals surface area contributed by atoms with Crippen LogP contribution in [0.1, 0.15) is 16.0 Å². The van der Waals surface area contributed by atoms with E-state index in [4.69, 9.17) is 15.2 Å². The van der Waals surface area contributed by atoms with Crippen molar-refractivity contribution in [2.24, 2.45) is 10.7 Å². The van der Waals surface area contributed by atoms with Crippen LogP contribution < -0.4 is 20.5 Å². The number of aryl methyl sites for hydroxylation is 1. The predicted molar refractivity (Wildman–Crippen MR) is 106 cm³/mol. The summed E-state index contributed by atoms with van der Waals surface area (Å²) in [5, 5.41) is 5.20. The summed E-state index contributed by atoms with van der Waals surface area (Å²) in [4.78, 5) is 5.61. The number of methoxy groups -OCH3 is 2. The van der Waals surface area contributed by atoms with Gasteiger partial charge in [-0.2, -0.15) is 0 Å². The SMILES string of the molecule is COc1ccc(CN=C(N)NCc2sccc2C)cc1OC.I. The molecule has 1 aromatic carbocycles. The number of nitrogens with two attached hydrogens (primary N) is 1. The number of thiophene rings is 1. The Morgan fingerprint density at radius 1 is 1.22 bits per heavy atom. The van der Waals surface area contributed by atoms with Crippen LogP contribution in [0.5, 0.6) is 11.5 Å². The highest BCUT2D eigenvalue weighted by atomic mass is 127. The van der Waals surface area contributed by atoms with Crippen molar-refractivity contribution in [3.63, 3.8) is 0 Å². The second-order valence-electron chi connectivity index (χ2n) is 4.77. The maximum absolute atomic E-state index is 5.90. The lowest BCUT2D eigenvalue weighted by molar-refractivity contribution is 0.354. The van der Waals surface area contributed by atoms with Crippen molar-refractivity contribution in [3.8, 4) is 11.5 Å². The summed E-state index contributed by atoms with van der Waals surface area (Å²) < 4.78 is 10.5. The van der Waals surface area contributed by atoms with E-state index >= 15 is 0 Å². The molecule has 0 aliphatic heterocycles. The second kappa shape index (κ2) is 9.61. The van der Waals surface area contributed by atoms with Crippen molar-refractivity contribution < 1.29 is 9.47 Å². The van der Waals surface area contributed by atoms with Gasteiger partial charge in [0.05, 0.1) is 27.3 Å². The van der Waals surface area contributed by atoms with E-state index < -0.39 is 0 Å². The van der Waals surface area contributed by atoms with Gasteiger partial charge in [-0.05, 0) is 41.6 Å². The zero-order valence-electron chi connectivity index (χ0n) is 13.5. The minimum atomic E-state index is 0. The van der Waals surface area contributed by atoms with Gasteiger partial charge < -0.3 is 20.5 Å². The van der Waals surface area contributed by atoms with Crippen molar-refractivity contribution in [3.05, 3.63) is 45.6 Å². The van der Waals surface area contributed by atoms with E-state index in [1.54, 1.807) is 25.6 Å². The molecule has 0 bridgehead atoms. The molecular weight excluding hydrogens is 425 g/mol. The fourth-order valence-electron chi connectivity index (χ4n) is 1.97. The largest absolute Gasteiger partial charge is 0.493 e. The van der Waals surface area contributed by atoms with E-state index in [-0.39, 0.29) is 24.0 Å². The lowest BCUT2D eigenvalue weighted by atomic mass is 10.2. The third kappa shape index (κ3) is 5.58. The monoisotopic (exact) mass is 447 g/mol. The van der Waals surface area contributed by atoms with Gasteiger partial charge in [0.2, 0.25) is 0 Å². The maximum atomic E-state index is 5.90. The third-order valence-corrected chi connectivity index (χ3v) is 4.30. The Bertz CT molecular complexity index is 659. The summed E-state index contributed by atoms with van der Waals surface area (Å²) in [5.74, 6) is 1.83. The lowest BCUT2D eigenvalue weighted by Gasteiger charge is -2.09. The first kappa shape index (κ1) is 19.6. The Balaban J connectivity index is 0.00000264. The van der Waals surface area contributed by atoms with Crippen LogP contribution in [-0.2, 0) is 13.1 Å². The third-order valence-electron chi connectivity index (χ3n) is 3.28. The van der Waals surface area contributed by atoms with Crippen LogP contribution in [-0.4, -0.2) is 20.2 Å². The van der Waals surface area contributed by atoms with Gasteiger partial charge in [-0.15, -0.1) is 35.3 Å². The molecule has 0 radical (unpaired) electrons. The van der Waals surface area contributed by atoms with E-state index in [2.05, 4.69) is 28.7 Å². The van der Waals surface area contributed by atoms with Crippen molar-refractivity contribution >= 4 is 41.3 Å². The van der Waals surface area contributed by atoms with Crippen LogP contribution >= 0.6 is 35.3 Å². The molecule has 0 aliphatic rings. The number of nitrogens with one attached hydrogen (secondary N) is 1. The van der Waals surface area contributed by atoms with Gasteiger partial charge in [0.1, 0.15) is 0 Å². The predicted octanol–water partition coefficient (Wildman–Crippen LogP) is 3.30. The molecule has 2 rings (SSSR count). The molecule has 7 heteroatoms. The van der Waals surface area contributed by atoms with Gasteiger partial charge in [0, 0.05) is 4.88 Å². The second-order valence-corrected chi connectivity index (χ2v) is 5.77. The van der Waals surface area contributed by atoms with E-state index in [1.807, 2.05) is 18.2 Å². The lowest BCUT2D eigenvalue weighted by Crippen LogP contribution is -2.31. The zero-order chi connectivity index (χ0) is 15.9. The number of aliphatic imine (C=N–C) groups is 1. The van der Waals surface area contributed by atoms with Crippen LogP contribution in [0.3, 0.4) is 0 Å². The fraction of sp³-hybridized carbons (Fsp3) is 0.312. The van der Waals surface area contributed by atoms with E-state index in [9.17, 15) is 0 Å². The first-order chi connectivity index (χ1) is 10.6. The summed E-state index contributed by atoms with van der Waals surface area (Å²) in [6, 6.07) is 7.81. The molecular formula is C16H22IN3O2S. The summed E-state index contributed by atoms with van der Waals surface area (Å²) in [7, 11) is 3.23. The molecule has 0 unspecified atom stereocenters. The molecule has 23 heavy (non-hydrogen) atoms. The first-order valence-corrected chi connectivity index (χ1v) is 7.79. The van der Waals surface area contributed by atoms with Gasteiger partial charge in [-0.25, -0.2) is 4.99 Å². The number of halogens is 1. The number of ether oxygens (including phenoxy) is 2. The molecule has 3 N–H and O–H groups in total. The molecule has 0 fully saturated rings. The number of hydrogen-bond acceptors (Lipinski definition) is 4. The maximum Gasteiger partial charge on any atom is 0.189 e. The Kier molecular flexibility index (Phi) is 8.18. The normalized spacial score (nSPS) is 10.8. The highest BCUT2D eigenvalue weighted by molar-refractivity contribution is 14.0. The van der Waals surface area contributed by atoms with Gasteiger partial charge >= 0.3 is 0 Å². The summed E-state index contributed by atoms with van der Waals surface area (Å²) >= 11 is 1.71. The molecule has 126 valence electrons. The molecule has 0 spiro atoms. The Morgan fingerprint density at radius 2 is 1.96 bits per heavy atom. The highest BCUT2D eigenvalue weighted by Crippen LogP contribution is 2.27. The molecule has 0 amide bonds. The van der Waals surface area contributed by atoms with E-state index in [0.717, 1.165) is 5.56 Å². The average molecular weight is 447 g/mol. The van der Waals surface area contributed by atoms with E-state index in [0.29, 0.717) is 30.5 Å². The van der Waals surface area contributed by atoms with Crippen LogP contribution in [0.2, 0.25) is 0 Å². The Labute approximate surface area is 157 Å². The zero-order valence-corrected chi connectivity index (χ0v) is 16.6. The van der Waals surface area contributed by atoms with E-state index in [1.165, 1.54) is 10.4 Å². The van der Waals surface area contributed by atoms with Gasteiger partial charge in [0.25, 0.3) is 0 Å². The number of benzene rings is 1. The molecule has 0 saturated carbocycles. The number of guanidine groups is 1. The smallest absolute Gasteiger partial charge is 0.189 e. The molecule has 2 aromatic rings. The standard InChI is InChI=1S/C16H21N3O2S.HI/c1-11-6-7-22-15(11)10-19-16(17)18-9-12-4-5-13(20-2)14(8-12)21-3;/h4-8H,9-10H2,1-3H3,(H3,17,18,19);1H. The number of rotatable bonds is 6. The van der Waals surface area contributed by atoms with Crippen LogP contribution in [0.4, 0.5) is 0 Å². The number of hydrogen-bond donors (Lipinski definition) is 2. The minimum absolute atomic E-state index is 0. The molecule has 0 aliphatic carbocycles. The first-order valence-electron chi connectivity index (χ1n) is 6.91. The molecule has 1 heterocycles. The number of nitrogens with zero attached hydrogens (tertiary/aromatic N) is 1. The quantitative estimate of drug-likeness (QED) is 0.405. The minimum Gasteiger partial charge on any atom is -0.493 e. The van der Waals surface area contributed by atoms with Crippen LogP contribution in [0.25, 0.3) is 0 Å². The summed E-state index contributed by atoms with van der Waals surface area (Å²) in [6.07, 6.45) is 0. The van der Waals surface area contributed by atoms with Gasteiger partial charge in [0.15, 0.2) is 17.5 Å². The molecule has 5 nitrogen and oxygen atoms in total. The summed E-state index contributed by atoms with van der Waals surface area (Å²) in [5.41, 5.74) is 8.18. The van der Waals surface area contributed by atoms with Gasteiger partial charge in [-0.1, -0.05) is 6.07 Å². The van der Waals surface area contributed by atoms with Crippen molar-refractivity contribution in [1.82, 2.24) is 5.32 Å². The molecule has 1 aromatic heterocycles. The summed E-state index contributed by atoms with van der Waals surface area (Å²) in [6.45, 7) is 3.28. The molecule has 0 atom stereocenters. The fourth-order valence-corrected chi connectivity index (χ4v) is 2.81. The topological polar surface area (TPSA) is 68.9 Å². The van der Waals surface area contributed by atoms with Crippen molar-refractivity contribution in [1.29, 1.82) is 0 Å². The highest BCUT2D eigenvalue weighted by Gasteiger charge is 2.04. The Morgan fingerprint density at radius 3 is 2.57 bits per heavy atom.